The normalized spacial score (nSPS) is 14.8. The molecule has 0 aromatic rings. The van der Waals surface area contributed by atoms with Gasteiger partial charge in [0.05, 0.1) is 9.52 Å². The summed E-state index contributed by atoms with van der Waals surface area (Å²) in [4.78, 5) is 0. The Morgan fingerprint density at radius 2 is 2.50 bits per heavy atom. The molecule has 1 unspecified atom stereocenters. The van der Waals surface area contributed by atoms with Gasteiger partial charge in [-0.3, -0.25) is 0 Å². The lowest BCUT2D eigenvalue weighted by molar-refractivity contribution is 0.162. The smallest absolute Gasteiger partial charge is 0.0787 e. The SMILES string of the molecule is C=C[SiH2]C(CC)OC. The zero-order valence-corrected chi connectivity index (χ0v) is 7.10. The molecule has 0 heterocycles. The van der Waals surface area contributed by atoms with Gasteiger partial charge in [-0.15, -0.1) is 12.3 Å². The summed E-state index contributed by atoms with van der Waals surface area (Å²) in [5.41, 5.74) is 2.55. The molecule has 0 amide bonds. The maximum Gasteiger partial charge on any atom is 0.0787 e. The number of methoxy groups -OCH3 is 1. The van der Waals surface area contributed by atoms with E-state index in [0.717, 1.165) is 6.42 Å². The lowest BCUT2D eigenvalue weighted by Crippen LogP contribution is -2.15. The fourth-order valence-electron chi connectivity index (χ4n) is 0.615. The Hall–Kier alpha value is -0.0831. The van der Waals surface area contributed by atoms with Gasteiger partial charge in [0.2, 0.25) is 0 Å². The molecule has 0 N–H and O–H groups in total. The molecule has 0 spiro atoms. The zero-order valence-electron chi connectivity index (χ0n) is 5.68. The summed E-state index contributed by atoms with van der Waals surface area (Å²) >= 11 is 0. The van der Waals surface area contributed by atoms with Gasteiger partial charge in [-0.05, 0) is 6.42 Å². The fraction of sp³-hybridized carbons (Fsp3) is 0.667. The van der Waals surface area contributed by atoms with Crippen LogP contribution in [0.1, 0.15) is 13.3 Å². The fourth-order valence-corrected chi connectivity index (χ4v) is 1.51. The van der Waals surface area contributed by atoms with Crippen molar-refractivity contribution in [2.24, 2.45) is 0 Å². The van der Waals surface area contributed by atoms with Crippen LogP contribution in [0.4, 0.5) is 0 Å². The average molecular weight is 130 g/mol. The van der Waals surface area contributed by atoms with Crippen LogP contribution in [0.3, 0.4) is 0 Å². The summed E-state index contributed by atoms with van der Waals surface area (Å²) in [6.07, 6.45) is 1.13. The minimum absolute atomic E-state index is 0.123. The minimum atomic E-state index is -0.123. The maximum absolute atomic E-state index is 5.13. The molecule has 0 aliphatic rings. The molecule has 0 rings (SSSR count). The van der Waals surface area contributed by atoms with Crippen LogP contribution < -0.4 is 0 Å². The molecule has 8 heavy (non-hydrogen) atoms. The number of rotatable bonds is 4. The number of hydrogen-bond donors (Lipinski definition) is 0. The summed E-state index contributed by atoms with van der Waals surface area (Å²) in [5.74, 6) is 0. The highest BCUT2D eigenvalue weighted by Crippen LogP contribution is 1.91. The second-order valence-electron chi connectivity index (χ2n) is 1.79. The summed E-state index contributed by atoms with van der Waals surface area (Å²) in [7, 11) is 1.65. The van der Waals surface area contributed by atoms with E-state index >= 15 is 0 Å². The Morgan fingerprint density at radius 1 is 1.88 bits per heavy atom. The van der Waals surface area contributed by atoms with Crippen molar-refractivity contribution in [2.75, 3.05) is 7.11 Å². The Bertz CT molecular complexity index is 59.5. The van der Waals surface area contributed by atoms with Gasteiger partial charge in [0.15, 0.2) is 0 Å². The van der Waals surface area contributed by atoms with Crippen molar-refractivity contribution in [1.29, 1.82) is 0 Å². The van der Waals surface area contributed by atoms with Crippen LogP contribution in [0.2, 0.25) is 0 Å². The monoisotopic (exact) mass is 130 g/mol. The Balaban J connectivity index is 3.20. The van der Waals surface area contributed by atoms with Crippen LogP contribution in [-0.4, -0.2) is 22.4 Å². The van der Waals surface area contributed by atoms with Crippen molar-refractivity contribution in [1.82, 2.24) is 0 Å². The molecule has 2 heteroatoms. The molecule has 0 fully saturated rings. The van der Waals surface area contributed by atoms with Crippen LogP contribution in [0.5, 0.6) is 0 Å². The van der Waals surface area contributed by atoms with E-state index in [-0.39, 0.29) is 9.52 Å². The summed E-state index contributed by atoms with van der Waals surface area (Å²) in [6, 6.07) is 0. The predicted octanol–water partition coefficient (Wildman–Crippen LogP) is 0.681. The van der Waals surface area contributed by atoms with Gasteiger partial charge in [0.25, 0.3) is 0 Å². The highest BCUT2D eigenvalue weighted by molar-refractivity contribution is 6.43. The van der Waals surface area contributed by atoms with E-state index in [9.17, 15) is 0 Å². The topological polar surface area (TPSA) is 9.23 Å². The van der Waals surface area contributed by atoms with Crippen molar-refractivity contribution in [3.05, 3.63) is 12.3 Å². The second kappa shape index (κ2) is 5.06. The lowest BCUT2D eigenvalue weighted by Gasteiger charge is -2.07. The van der Waals surface area contributed by atoms with Crippen molar-refractivity contribution >= 4 is 9.52 Å². The Morgan fingerprint density at radius 3 is 2.62 bits per heavy atom. The summed E-state index contributed by atoms with van der Waals surface area (Å²) in [6.45, 7) is 5.82. The van der Waals surface area contributed by atoms with Gasteiger partial charge >= 0.3 is 0 Å². The maximum atomic E-state index is 5.13. The number of hydrogen-bond acceptors (Lipinski definition) is 1. The Labute approximate surface area is 53.6 Å². The molecule has 0 radical (unpaired) electrons. The molecule has 0 aromatic carbocycles. The van der Waals surface area contributed by atoms with Crippen LogP contribution in [0, 0.1) is 0 Å². The largest absolute Gasteiger partial charge is 0.385 e. The van der Waals surface area contributed by atoms with Gasteiger partial charge < -0.3 is 4.74 Å². The standard InChI is InChI=1S/C6H14OSi/c1-4-6(7-3)8-5-2/h5-6H,2,4,8H2,1,3H3. The third kappa shape index (κ3) is 2.99. The minimum Gasteiger partial charge on any atom is -0.385 e. The third-order valence-corrected chi connectivity index (χ3v) is 2.99. The zero-order chi connectivity index (χ0) is 6.41. The van der Waals surface area contributed by atoms with Gasteiger partial charge in [-0.1, -0.05) is 6.92 Å². The summed E-state index contributed by atoms with van der Waals surface area (Å²) in [5, 5.41) is 0. The van der Waals surface area contributed by atoms with E-state index in [2.05, 4.69) is 13.5 Å². The molecule has 48 valence electrons. The molecule has 0 saturated carbocycles. The van der Waals surface area contributed by atoms with Crippen molar-refractivity contribution in [2.45, 2.75) is 19.1 Å². The third-order valence-electron chi connectivity index (χ3n) is 1.22. The van der Waals surface area contributed by atoms with Crippen LogP contribution in [-0.2, 0) is 4.74 Å². The first kappa shape index (κ1) is 7.92. The van der Waals surface area contributed by atoms with Crippen molar-refractivity contribution < 1.29 is 4.74 Å². The highest BCUT2D eigenvalue weighted by atomic mass is 28.2. The molecule has 0 aliphatic heterocycles. The van der Waals surface area contributed by atoms with E-state index in [1.165, 1.54) is 0 Å². The Kier molecular flexibility index (Phi) is 5.01. The molecule has 0 aliphatic carbocycles. The van der Waals surface area contributed by atoms with Gasteiger partial charge in [-0.25, -0.2) is 0 Å². The molecular weight excluding hydrogens is 116 g/mol. The second-order valence-corrected chi connectivity index (χ2v) is 3.75. The van der Waals surface area contributed by atoms with E-state index < -0.39 is 0 Å². The van der Waals surface area contributed by atoms with E-state index in [0.29, 0.717) is 5.73 Å². The first-order chi connectivity index (χ1) is 3.85. The van der Waals surface area contributed by atoms with E-state index in [1.54, 1.807) is 7.11 Å². The molecule has 1 atom stereocenters. The van der Waals surface area contributed by atoms with Crippen molar-refractivity contribution in [3.63, 3.8) is 0 Å². The van der Waals surface area contributed by atoms with E-state index in [4.69, 9.17) is 4.74 Å². The van der Waals surface area contributed by atoms with Crippen LogP contribution in [0.15, 0.2) is 12.3 Å². The van der Waals surface area contributed by atoms with E-state index in [1.807, 2.05) is 5.70 Å². The highest BCUT2D eigenvalue weighted by Gasteiger charge is 1.98. The first-order valence-corrected chi connectivity index (χ1v) is 4.62. The van der Waals surface area contributed by atoms with Crippen molar-refractivity contribution in [3.8, 4) is 0 Å². The molecule has 0 bridgehead atoms. The average Bonchev–Trinajstić information content (AvgIpc) is 1.83. The van der Waals surface area contributed by atoms with Crippen LogP contribution >= 0.6 is 0 Å². The molecule has 0 saturated heterocycles. The summed E-state index contributed by atoms with van der Waals surface area (Å²) < 4.78 is 5.13. The first-order valence-electron chi connectivity index (χ1n) is 2.98. The predicted molar refractivity (Wildman–Crippen MR) is 39.8 cm³/mol. The lowest BCUT2D eigenvalue weighted by atomic mass is 10.5. The molecule has 1 nitrogen and oxygen atoms in total. The van der Waals surface area contributed by atoms with Gasteiger partial charge in [0.1, 0.15) is 0 Å². The quantitative estimate of drug-likeness (QED) is 0.509. The van der Waals surface area contributed by atoms with Crippen LogP contribution in [0.25, 0.3) is 0 Å². The van der Waals surface area contributed by atoms with Gasteiger partial charge in [0, 0.05) is 12.8 Å². The van der Waals surface area contributed by atoms with Gasteiger partial charge in [-0.2, -0.15) is 0 Å². The molecular formula is C6H14OSi. The number of ether oxygens (including phenoxy) is 1. The molecule has 0 aromatic heterocycles.